The third kappa shape index (κ3) is 7.23. The molecule has 0 unspecified atom stereocenters. The van der Waals surface area contributed by atoms with Crippen molar-refractivity contribution in [1.29, 1.82) is 0 Å². The molecule has 0 N–H and O–H groups in total. The molecule has 0 aliphatic heterocycles. The van der Waals surface area contributed by atoms with Gasteiger partial charge in [0.2, 0.25) is 0 Å². The molecule has 3 aromatic carbocycles. The molecule has 3 rings (SSSR count). The summed E-state index contributed by atoms with van der Waals surface area (Å²) in [5, 5.41) is 2.45. The van der Waals surface area contributed by atoms with E-state index in [0.29, 0.717) is 25.4 Å². The van der Waals surface area contributed by atoms with E-state index in [2.05, 4.69) is 115 Å². The maximum atomic E-state index is 13.5. The number of hydrogen-bond donors (Lipinski definition) is 0. The quantitative estimate of drug-likeness (QED) is 0.230. The predicted molar refractivity (Wildman–Crippen MR) is 162 cm³/mol. The highest BCUT2D eigenvalue weighted by Gasteiger charge is 2.51. The largest absolute Gasteiger partial charge is 0.491 e. The van der Waals surface area contributed by atoms with Gasteiger partial charge in [-0.15, -0.1) is 0 Å². The van der Waals surface area contributed by atoms with Gasteiger partial charge in [-0.05, 0) is 64.2 Å². The highest BCUT2D eigenvalue weighted by molar-refractivity contribution is 6.99. The van der Waals surface area contributed by atoms with Crippen LogP contribution in [-0.4, -0.2) is 36.0 Å². The van der Waals surface area contributed by atoms with Gasteiger partial charge in [-0.25, -0.2) is 4.39 Å². The monoisotopic (exact) mass is 552 g/mol. The van der Waals surface area contributed by atoms with Crippen molar-refractivity contribution in [3.63, 3.8) is 0 Å². The van der Waals surface area contributed by atoms with Gasteiger partial charge in [-0.2, -0.15) is 0 Å². The minimum absolute atomic E-state index is 0.131. The van der Waals surface area contributed by atoms with Gasteiger partial charge >= 0.3 is 0 Å². The van der Waals surface area contributed by atoms with E-state index in [1.807, 2.05) is 0 Å². The standard InChI is InChI=1S/C32H45FO3Si2/c1-31(2,3)37(7,8)35-24-23-28(25-34-27-21-19-26(33)20-22-27)36-38(32(4,5)6,29-15-11-9-12-16-29)30-17-13-10-14-18-30/h9-22,28H,23-25H2,1-8H3/t28-/m0/s1. The Morgan fingerprint density at radius 1 is 0.711 bits per heavy atom. The summed E-state index contributed by atoms with van der Waals surface area (Å²) in [5.74, 6) is 0.355. The molecule has 6 heteroatoms. The summed E-state index contributed by atoms with van der Waals surface area (Å²) in [4.78, 5) is 0. The highest BCUT2D eigenvalue weighted by atomic mass is 28.4. The molecule has 0 heterocycles. The molecule has 3 aromatic rings. The van der Waals surface area contributed by atoms with E-state index in [1.165, 1.54) is 22.5 Å². The van der Waals surface area contributed by atoms with Crippen LogP contribution in [0.4, 0.5) is 4.39 Å². The summed E-state index contributed by atoms with van der Waals surface area (Å²) in [6, 6.07) is 27.5. The number of rotatable bonds is 11. The second-order valence-corrected chi connectivity index (χ2v) is 21.6. The Morgan fingerprint density at radius 2 is 1.21 bits per heavy atom. The van der Waals surface area contributed by atoms with Crippen LogP contribution in [0.5, 0.6) is 5.75 Å². The molecule has 0 saturated heterocycles. The van der Waals surface area contributed by atoms with Crippen LogP contribution in [0.25, 0.3) is 0 Å². The summed E-state index contributed by atoms with van der Waals surface area (Å²) >= 11 is 0. The van der Waals surface area contributed by atoms with Gasteiger partial charge < -0.3 is 13.6 Å². The molecule has 0 saturated carbocycles. The smallest absolute Gasteiger partial charge is 0.261 e. The lowest BCUT2D eigenvalue weighted by molar-refractivity contribution is 0.0946. The van der Waals surface area contributed by atoms with Crippen molar-refractivity contribution in [3.8, 4) is 5.75 Å². The van der Waals surface area contributed by atoms with Crippen molar-refractivity contribution in [1.82, 2.24) is 0 Å². The second-order valence-electron chi connectivity index (χ2n) is 12.6. The molecule has 206 valence electrons. The average molecular weight is 553 g/mol. The Bertz CT molecular complexity index is 1080. The molecular formula is C32H45FO3Si2. The van der Waals surface area contributed by atoms with Gasteiger partial charge in [0.1, 0.15) is 18.2 Å². The first-order chi connectivity index (χ1) is 17.8. The van der Waals surface area contributed by atoms with Crippen LogP contribution in [0, 0.1) is 5.82 Å². The number of hydrogen-bond acceptors (Lipinski definition) is 3. The van der Waals surface area contributed by atoms with E-state index >= 15 is 0 Å². The highest BCUT2D eigenvalue weighted by Crippen LogP contribution is 2.39. The van der Waals surface area contributed by atoms with Crippen molar-refractivity contribution in [2.24, 2.45) is 0 Å². The molecule has 0 fully saturated rings. The van der Waals surface area contributed by atoms with E-state index in [9.17, 15) is 4.39 Å². The Balaban J connectivity index is 1.99. The van der Waals surface area contributed by atoms with Gasteiger partial charge in [0, 0.05) is 6.61 Å². The molecule has 0 bridgehead atoms. The van der Waals surface area contributed by atoms with Crippen LogP contribution < -0.4 is 15.1 Å². The fourth-order valence-corrected chi connectivity index (χ4v) is 10.3. The van der Waals surface area contributed by atoms with Gasteiger partial charge in [-0.3, -0.25) is 0 Å². The van der Waals surface area contributed by atoms with Crippen molar-refractivity contribution in [2.45, 2.75) is 77.2 Å². The Morgan fingerprint density at radius 3 is 1.66 bits per heavy atom. The Kier molecular flexibility index (Phi) is 9.79. The normalized spacial score (nSPS) is 13.8. The number of ether oxygens (including phenoxy) is 1. The van der Waals surface area contributed by atoms with Crippen molar-refractivity contribution >= 4 is 27.0 Å². The van der Waals surface area contributed by atoms with E-state index < -0.39 is 16.6 Å². The molecule has 3 nitrogen and oxygen atoms in total. The summed E-state index contributed by atoms with van der Waals surface area (Å²) in [5.41, 5.74) is 0. The molecule has 0 radical (unpaired) electrons. The van der Waals surface area contributed by atoms with Crippen molar-refractivity contribution in [2.75, 3.05) is 13.2 Å². The third-order valence-electron chi connectivity index (χ3n) is 7.72. The molecule has 0 amide bonds. The van der Waals surface area contributed by atoms with Crippen LogP contribution in [0.3, 0.4) is 0 Å². The topological polar surface area (TPSA) is 27.7 Å². The van der Waals surface area contributed by atoms with E-state index in [1.54, 1.807) is 12.1 Å². The van der Waals surface area contributed by atoms with Crippen molar-refractivity contribution in [3.05, 3.63) is 90.7 Å². The number of halogens is 1. The molecule has 0 aromatic heterocycles. The van der Waals surface area contributed by atoms with E-state index in [-0.39, 0.29) is 22.0 Å². The first-order valence-electron chi connectivity index (χ1n) is 13.6. The average Bonchev–Trinajstić information content (AvgIpc) is 2.86. The van der Waals surface area contributed by atoms with Crippen molar-refractivity contribution < 1.29 is 18.0 Å². The van der Waals surface area contributed by atoms with Crippen LogP contribution >= 0.6 is 0 Å². The zero-order valence-electron chi connectivity index (χ0n) is 24.4. The minimum atomic E-state index is -2.78. The fraction of sp³-hybridized carbons (Fsp3) is 0.438. The molecule has 0 spiro atoms. The maximum absolute atomic E-state index is 13.5. The van der Waals surface area contributed by atoms with Gasteiger partial charge in [0.05, 0.1) is 6.10 Å². The zero-order valence-corrected chi connectivity index (χ0v) is 26.4. The van der Waals surface area contributed by atoms with Gasteiger partial charge in [0.15, 0.2) is 8.32 Å². The minimum Gasteiger partial charge on any atom is -0.491 e. The molecule has 1 atom stereocenters. The summed E-state index contributed by atoms with van der Waals surface area (Å²) in [7, 11) is -4.69. The SMILES string of the molecule is CC(C)(C)[Si](C)(C)OCC[C@@H](COc1ccc(F)cc1)O[Si](c1ccccc1)(c1ccccc1)C(C)(C)C. The molecule has 0 aliphatic carbocycles. The Labute approximate surface area is 231 Å². The third-order valence-corrected chi connectivity index (χ3v) is 17.3. The maximum Gasteiger partial charge on any atom is 0.261 e. The first-order valence-corrected chi connectivity index (χ1v) is 18.4. The van der Waals surface area contributed by atoms with Crippen LogP contribution in [0.1, 0.15) is 48.0 Å². The molecule has 0 aliphatic rings. The lowest BCUT2D eigenvalue weighted by Gasteiger charge is -2.45. The summed E-state index contributed by atoms with van der Waals surface area (Å²) < 4.78 is 33.7. The van der Waals surface area contributed by atoms with Gasteiger partial charge in [0.25, 0.3) is 8.32 Å². The molecular weight excluding hydrogens is 508 g/mol. The van der Waals surface area contributed by atoms with E-state index in [0.717, 1.165) is 0 Å². The number of benzene rings is 3. The van der Waals surface area contributed by atoms with Crippen LogP contribution in [0.2, 0.25) is 23.2 Å². The lowest BCUT2D eigenvalue weighted by Crippen LogP contribution is -2.68. The fourth-order valence-electron chi connectivity index (χ4n) is 4.50. The summed E-state index contributed by atoms with van der Waals surface area (Å²) in [6.07, 6.45) is 0.495. The van der Waals surface area contributed by atoms with Gasteiger partial charge in [-0.1, -0.05) is 102 Å². The first kappa shape index (κ1) is 30.3. The van der Waals surface area contributed by atoms with Crippen LogP contribution in [-0.2, 0) is 8.85 Å². The summed E-state index contributed by atoms with van der Waals surface area (Å²) in [6.45, 7) is 19.1. The van der Waals surface area contributed by atoms with Crippen LogP contribution in [0.15, 0.2) is 84.9 Å². The lowest BCUT2D eigenvalue weighted by atomic mass is 10.2. The second kappa shape index (κ2) is 12.3. The molecule has 38 heavy (non-hydrogen) atoms. The predicted octanol–water partition coefficient (Wildman–Crippen LogP) is 7.56. The zero-order chi connectivity index (χ0) is 28.0. The Hall–Kier alpha value is -2.26. The van der Waals surface area contributed by atoms with E-state index in [4.69, 9.17) is 13.6 Å².